The van der Waals surface area contributed by atoms with Crippen LogP contribution < -0.4 is 15.5 Å². The number of ether oxygens (including phenoxy) is 1. The van der Waals surface area contributed by atoms with Crippen LogP contribution in [0.3, 0.4) is 0 Å². The molecule has 2 N–H and O–H groups in total. The predicted octanol–water partition coefficient (Wildman–Crippen LogP) is 0.0704. The molecule has 1 fully saturated rings. The maximum Gasteiger partial charge on any atom is 0.231 e. The number of para-hydroxylation sites is 1. The Kier molecular flexibility index (Phi) is 4.70. The molecule has 2 heterocycles. The molecule has 118 valence electrons. The van der Waals surface area contributed by atoms with Gasteiger partial charge in [0.25, 0.3) is 0 Å². The summed E-state index contributed by atoms with van der Waals surface area (Å²) in [6.45, 7) is 3.04. The second kappa shape index (κ2) is 6.89. The molecule has 0 bridgehead atoms. The van der Waals surface area contributed by atoms with Crippen molar-refractivity contribution in [2.45, 2.75) is 18.9 Å². The highest BCUT2D eigenvalue weighted by atomic mass is 16.5. The van der Waals surface area contributed by atoms with Gasteiger partial charge < -0.3 is 20.3 Å². The fourth-order valence-electron chi connectivity index (χ4n) is 2.92. The summed E-state index contributed by atoms with van der Waals surface area (Å²) < 4.78 is 5.33. The van der Waals surface area contributed by atoms with Crippen molar-refractivity contribution < 1.29 is 14.3 Å². The number of hydrogen-bond donors (Lipinski definition) is 2. The van der Waals surface area contributed by atoms with E-state index in [1.807, 2.05) is 24.3 Å². The van der Waals surface area contributed by atoms with Crippen LogP contribution >= 0.6 is 0 Å². The molecule has 1 aromatic rings. The summed E-state index contributed by atoms with van der Waals surface area (Å²) in [4.78, 5) is 25.7. The van der Waals surface area contributed by atoms with E-state index >= 15 is 0 Å². The van der Waals surface area contributed by atoms with E-state index in [-0.39, 0.29) is 17.9 Å². The molecule has 0 radical (unpaired) electrons. The van der Waals surface area contributed by atoms with Gasteiger partial charge in [0, 0.05) is 37.8 Å². The standard InChI is InChI=1S/C16H21N3O3/c20-15(10-13-11-22-8-6-17-13)18-5-7-19-14-4-2-1-3-12(14)9-16(19)21/h1-4,13,17H,5-11H2,(H,18,20). The molecule has 0 saturated carbocycles. The van der Waals surface area contributed by atoms with E-state index in [4.69, 9.17) is 4.74 Å². The lowest BCUT2D eigenvalue weighted by atomic mass is 10.2. The first-order chi connectivity index (χ1) is 10.7. The van der Waals surface area contributed by atoms with Gasteiger partial charge in [0.1, 0.15) is 0 Å². The molecule has 1 unspecified atom stereocenters. The lowest BCUT2D eigenvalue weighted by Crippen LogP contribution is -2.45. The molecule has 2 aliphatic heterocycles. The second-order valence-electron chi connectivity index (χ2n) is 5.63. The minimum absolute atomic E-state index is 0.0112. The summed E-state index contributed by atoms with van der Waals surface area (Å²) in [7, 11) is 0. The monoisotopic (exact) mass is 303 g/mol. The zero-order valence-electron chi connectivity index (χ0n) is 12.5. The van der Waals surface area contributed by atoms with Gasteiger partial charge in [0.2, 0.25) is 11.8 Å². The summed E-state index contributed by atoms with van der Waals surface area (Å²) in [5.41, 5.74) is 2.02. The second-order valence-corrected chi connectivity index (χ2v) is 5.63. The number of carbonyl (C=O) groups is 2. The number of nitrogens with zero attached hydrogens (tertiary/aromatic N) is 1. The minimum Gasteiger partial charge on any atom is -0.378 e. The largest absolute Gasteiger partial charge is 0.378 e. The maximum atomic E-state index is 12.0. The number of morpholine rings is 1. The number of fused-ring (bicyclic) bond motifs is 1. The Morgan fingerprint density at radius 3 is 3.09 bits per heavy atom. The fraction of sp³-hybridized carbons (Fsp3) is 0.500. The lowest BCUT2D eigenvalue weighted by Gasteiger charge is -2.23. The van der Waals surface area contributed by atoms with Crippen molar-refractivity contribution in [1.82, 2.24) is 10.6 Å². The highest BCUT2D eigenvalue weighted by Crippen LogP contribution is 2.27. The number of hydrogen-bond acceptors (Lipinski definition) is 4. The molecule has 2 amide bonds. The molecule has 6 heteroatoms. The number of nitrogens with one attached hydrogen (secondary N) is 2. The maximum absolute atomic E-state index is 12.0. The summed E-state index contributed by atoms with van der Waals surface area (Å²) in [6.07, 6.45) is 0.859. The molecule has 0 aromatic heterocycles. The van der Waals surface area contributed by atoms with E-state index in [9.17, 15) is 9.59 Å². The van der Waals surface area contributed by atoms with Crippen molar-refractivity contribution >= 4 is 17.5 Å². The van der Waals surface area contributed by atoms with Crippen molar-refractivity contribution in [3.05, 3.63) is 29.8 Å². The Morgan fingerprint density at radius 2 is 2.27 bits per heavy atom. The van der Waals surface area contributed by atoms with Crippen molar-refractivity contribution in [2.24, 2.45) is 0 Å². The molecule has 0 spiro atoms. The molecule has 22 heavy (non-hydrogen) atoms. The highest BCUT2D eigenvalue weighted by molar-refractivity contribution is 6.01. The summed E-state index contributed by atoms with van der Waals surface area (Å²) in [5, 5.41) is 6.13. The summed E-state index contributed by atoms with van der Waals surface area (Å²) >= 11 is 0. The number of carbonyl (C=O) groups excluding carboxylic acids is 2. The lowest BCUT2D eigenvalue weighted by molar-refractivity contribution is -0.122. The molecule has 0 aliphatic carbocycles. The Bertz CT molecular complexity index is 555. The Labute approximate surface area is 129 Å². The average Bonchev–Trinajstić information content (AvgIpc) is 2.84. The van der Waals surface area contributed by atoms with Crippen LogP contribution in [0.15, 0.2) is 24.3 Å². The van der Waals surface area contributed by atoms with E-state index in [1.54, 1.807) is 4.90 Å². The van der Waals surface area contributed by atoms with E-state index in [0.29, 0.717) is 39.1 Å². The van der Waals surface area contributed by atoms with E-state index < -0.39 is 0 Å². The Balaban J connectivity index is 1.45. The van der Waals surface area contributed by atoms with Gasteiger partial charge in [-0.25, -0.2) is 0 Å². The third-order valence-corrected chi connectivity index (χ3v) is 4.01. The molecular formula is C16H21N3O3. The normalized spacial score (nSPS) is 20.8. The van der Waals surface area contributed by atoms with Gasteiger partial charge >= 0.3 is 0 Å². The van der Waals surface area contributed by atoms with Gasteiger partial charge in [-0.1, -0.05) is 18.2 Å². The van der Waals surface area contributed by atoms with Gasteiger partial charge in [-0.3, -0.25) is 9.59 Å². The topological polar surface area (TPSA) is 70.7 Å². The van der Waals surface area contributed by atoms with E-state index in [2.05, 4.69) is 10.6 Å². The van der Waals surface area contributed by atoms with Crippen LogP contribution in [-0.2, 0) is 20.7 Å². The average molecular weight is 303 g/mol. The van der Waals surface area contributed by atoms with Crippen LogP contribution in [0.2, 0.25) is 0 Å². The molecule has 2 aliphatic rings. The number of benzene rings is 1. The van der Waals surface area contributed by atoms with Gasteiger partial charge in [0.15, 0.2) is 0 Å². The molecular weight excluding hydrogens is 282 g/mol. The number of amides is 2. The molecule has 3 rings (SSSR count). The van der Waals surface area contributed by atoms with E-state index in [0.717, 1.165) is 17.8 Å². The van der Waals surface area contributed by atoms with Gasteiger partial charge in [-0.2, -0.15) is 0 Å². The molecule has 1 atom stereocenters. The summed E-state index contributed by atoms with van der Waals surface area (Å²) in [5.74, 6) is 0.0840. The fourth-order valence-corrected chi connectivity index (χ4v) is 2.92. The van der Waals surface area contributed by atoms with Crippen molar-refractivity contribution in [3.63, 3.8) is 0 Å². The predicted molar refractivity (Wildman–Crippen MR) is 82.7 cm³/mol. The van der Waals surface area contributed by atoms with Crippen LogP contribution in [0, 0.1) is 0 Å². The first kappa shape index (κ1) is 15.0. The molecule has 1 saturated heterocycles. The quantitative estimate of drug-likeness (QED) is 0.807. The van der Waals surface area contributed by atoms with Gasteiger partial charge in [-0.15, -0.1) is 0 Å². The van der Waals surface area contributed by atoms with Crippen molar-refractivity contribution in [2.75, 3.05) is 37.7 Å². The minimum atomic E-state index is -0.0112. The zero-order chi connectivity index (χ0) is 15.4. The highest BCUT2D eigenvalue weighted by Gasteiger charge is 2.26. The molecule has 1 aromatic carbocycles. The summed E-state index contributed by atoms with van der Waals surface area (Å²) in [6, 6.07) is 7.88. The third kappa shape index (κ3) is 3.45. The first-order valence-electron chi connectivity index (χ1n) is 7.70. The Morgan fingerprint density at radius 1 is 1.41 bits per heavy atom. The van der Waals surface area contributed by atoms with Crippen LogP contribution in [0.4, 0.5) is 5.69 Å². The van der Waals surface area contributed by atoms with Crippen LogP contribution in [0.5, 0.6) is 0 Å². The van der Waals surface area contributed by atoms with Crippen LogP contribution in [0.25, 0.3) is 0 Å². The van der Waals surface area contributed by atoms with Gasteiger partial charge in [0.05, 0.1) is 19.6 Å². The third-order valence-electron chi connectivity index (χ3n) is 4.01. The molecule has 6 nitrogen and oxygen atoms in total. The van der Waals surface area contributed by atoms with Crippen LogP contribution in [0.1, 0.15) is 12.0 Å². The smallest absolute Gasteiger partial charge is 0.231 e. The Hall–Kier alpha value is -1.92. The number of rotatable bonds is 5. The van der Waals surface area contributed by atoms with E-state index in [1.165, 1.54) is 0 Å². The van der Waals surface area contributed by atoms with Gasteiger partial charge in [-0.05, 0) is 11.6 Å². The number of anilines is 1. The first-order valence-corrected chi connectivity index (χ1v) is 7.70. The van der Waals surface area contributed by atoms with Crippen molar-refractivity contribution in [3.8, 4) is 0 Å². The van der Waals surface area contributed by atoms with Crippen LogP contribution in [-0.4, -0.2) is 50.7 Å². The zero-order valence-corrected chi connectivity index (χ0v) is 12.5. The SMILES string of the molecule is O=C(CC1COCCN1)NCCN1C(=O)Cc2ccccc21. The van der Waals surface area contributed by atoms with Crippen molar-refractivity contribution in [1.29, 1.82) is 0 Å².